The fourth-order valence-corrected chi connectivity index (χ4v) is 3.66. The van der Waals surface area contributed by atoms with Crippen LogP contribution in [0.3, 0.4) is 0 Å². The van der Waals surface area contributed by atoms with Crippen molar-refractivity contribution < 1.29 is 14.3 Å². The number of hydrogen-bond donors (Lipinski definition) is 1. The molecule has 1 heterocycles. The topological polar surface area (TPSA) is 59.2 Å². The van der Waals surface area contributed by atoms with Crippen LogP contribution in [0, 0.1) is 20.8 Å². The van der Waals surface area contributed by atoms with Gasteiger partial charge < -0.3 is 9.72 Å². The summed E-state index contributed by atoms with van der Waals surface area (Å²) < 4.78 is 5.08. The molecule has 0 aliphatic rings. The zero-order valence-electron chi connectivity index (χ0n) is 14.6. The van der Waals surface area contributed by atoms with Crippen molar-refractivity contribution >= 4 is 23.5 Å². The summed E-state index contributed by atoms with van der Waals surface area (Å²) in [7, 11) is 0. The normalized spacial score (nSPS) is 10.7. The Kier molecular flexibility index (Phi) is 6.26. The predicted octanol–water partition coefficient (Wildman–Crippen LogP) is 4.23. The number of benzene rings is 1. The maximum atomic E-state index is 12.6. The standard InChI is InChI=1S/C19H23NO3S/c1-5-23-19(22)18-14(4)20-13(3)17(18)16(21)11-24-10-15-9-7-6-8-12(15)2/h6-9,20H,5,10-11H2,1-4H3. The number of H-pyrrole nitrogens is 1. The van der Waals surface area contributed by atoms with Gasteiger partial charge in [-0.05, 0) is 38.8 Å². The molecule has 1 N–H and O–H groups in total. The van der Waals surface area contributed by atoms with Crippen molar-refractivity contribution in [3.63, 3.8) is 0 Å². The minimum Gasteiger partial charge on any atom is -0.462 e. The van der Waals surface area contributed by atoms with Crippen molar-refractivity contribution in [3.05, 3.63) is 57.9 Å². The highest BCUT2D eigenvalue weighted by atomic mass is 32.2. The van der Waals surface area contributed by atoms with Crippen molar-refractivity contribution in [2.75, 3.05) is 12.4 Å². The molecule has 0 aliphatic heterocycles. The first-order valence-corrected chi connectivity index (χ1v) is 9.12. The van der Waals surface area contributed by atoms with E-state index in [4.69, 9.17) is 4.74 Å². The van der Waals surface area contributed by atoms with Crippen molar-refractivity contribution in [3.8, 4) is 0 Å². The monoisotopic (exact) mass is 345 g/mol. The molecular formula is C19H23NO3S. The van der Waals surface area contributed by atoms with Crippen LogP contribution in [0.2, 0.25) is 0 Å². The van der Waals surface area contributed by atoms with E-state index in [9.17, 15) is 9.59 Å². The third-order valence-corrected chi connectivity index (χ3v) is 4.87. The van der Waals surface area contributed by atoms with Crippen LogP contribution in [0.25, 0.3) is 0 Å². The maximum absolute atomic E-state index is 12.6. The molecule has 4 nitrogen and oxygen atoms in total. The molecule has 1 aromatic carbocycles. The number of nitrogens with one attached hydrogen (secondary N) is 1. The van der Waals surface area contributed by atoms with Gasteiger partial charge in [-0.15, -0.1) is 11.8 Å². The second-order valence-electron chi connectivity index (χ2n) is 5.69. The number of rotatable bonds is 7. The first kappa shape index (κ1) is 18.3. The van der Waals surface area contributed by atoms with Gasteiger partial charge >= 0.3 is 5.97 Å². The van der Waals surface area contributed by atoms with Gasteiger partial charge in [-0.2, -0.15) is 0 Å². The van der Waals surface area contributed by atoms with E-state index in [2.05, 4.69) is 24.0 Å². The Morgan fingerprint density at radius 1 is 1.08 bits per heavy atom. The van der Waals surface area contributed by atoms with Crippen LogP contribution in [0.5, 0.6) is 0 Å². The number of carbonyl (C=O) groups excluding carboxylic acids is 2. The Bertz CT molecular complexity index is 749. The molecular weight excluding hydrogens is 322 g/mol. The van der Waals surface area contributed by atoms with E-state index < -0.39 is 5.97 Å². The lowest BCUT2D eigenvalue weighted by molar-refractivity contribution is 0.0522. The molecule has 0 unspecified atom stereocenters. The second-order valence-corrected chi connectivity index (χ2v) is 6.67. The molecule has 0 saturated carbocycles. The van der Waals surface area contributed by atoms with Gasteiger partial charge in [-0.3, -0.25) is 4.79 Å². The van der Waals surface area contributed by atoms with Gasteiger partial charge in [0.25, 0.3) is 0 Å². The van der Waals surface area contributed by atoms with Gasteiger partial charge in [0.1, 0.15) is 0 Å². The fraction of sp³-hybridized carbons (Fsp3) is 0.368. The van der Waals surface area contributed by atoms with Crippen molar-refractivity contribution in [1.82, 2.24) is 4.98 Å². The molecule has 0 radical (unpaired) electrons. The number of aromatic amines is 1. The number of hydrogen-bond acceptors (Lipinski definition) is 4. The summed E-state index contributed by atoms with van der Waals surface area (Å²) in [5, 5.41) is 0. The van der Waals surface area contributed by atoms with Crippen molar-refractivity contribution in [1.29, 1.82) is 0 Å². The molecule has 0 aliphatic carbocycles. The molecule has 1 aromatic heterocycles. The Hall–Kier alpha value is -2.01. The number of esters is 1. The molecule has 0 spiro atoms. The summed E-state index contributed by atoms with van der Waals surface area (Å²) in [6, 6.07) is 8.15. The molecule has 0 amide bonds. The van der Waals surface area contributed by atoms with Crippen LogP contribution in [0.4, 0.5) is 0 Å². The van der Waals surface area contributed by atoms with Crippen molar-refractivity contribution in [2.24, 2.45) is 0 Å². The minimum absolute atomic E-state index is 0.0431. The lowest BCUT2D eigenvalue weighted by Gasteiger charge is -2.07. The number of aromatic nitrogens is 1. The molecule has 0 bridgehead atoms. The van der Waals surface area contributed by atoms with Crippen LogP contribution in [0.1, 0.15) is 50.2 Å². The Morgan fingerprint density at radius 3 is 2.42 bits per heavy atom. The molecule has 0 atom stereocenters. The highest BCUT2D eigenvalue weighted by Gasteiger charge is 2.25. The van der Waals surface area contributed by atoms with E-state index in [1.165, 1.54) is 11.1 Å². The van der Waals surface area contributed by atoms with Crippen LogP contribution in [0.15, 0.2) is 24.3 Å². The van der Waals surface area contributed by atoms with E-state index in [1.807, 2.05) is 19.1 Å². The largest absolute Gasteiger partial charge is 0.462 e. The summed E-state index contributed by atoms with van der Waals surface area (Å²) >= 11 is 1.56. The van der Waals surface area contributed by atoms with E-state index in [1.54, 1.807) is 25.6 Å². The van der Waals surface area contributed by atoms with Crippen molar-refractivity contribution in [2.45, 2.75) is 33.4 Å². The Balaban J connectivity index is 2.10. The molecule has 2 rings (SSSR count). The summed E-state index contributed by atoms with van der Waals surface area (Å²) in [4.78, 5) is 27.9. The van der Waals surface area contributed by atoms with E-state index >= 15 is 0 Å². The van der Waals surface area contributed by atoms with Gasteiger partial charge in [-0.1, -0.05) is 24.3 Å². The van der Waals surface area contributed by atoms with Crippen LogP contribution in [-0.2, 0) is 10.5 Å². The van der Waals surface area contributed by atoms with E-state index in [0.717, 1.165) is 11.4 Å². The number of aryl methyl sites for hydroxylation is 3. The smallest absolute Gasteiger partial charge is 0.340 e. The first-order valence-electron chi connectivity index (χ1n) is 7.97. The lowest BCUT2D eigenvalue weighted by atomic mass is 10.1. The quantitative estimate of drug-likeness (QED) is 0.602. The zero-order chi connectivity index (χ0) is 17.7. The first-order chi connectivity index (χ1) is 11.5. The average Bonchev–Trinajstić information content (AvgIpc) is 2.83. The van der Waals surface area contributed by atoms with Crippen LogP contribution in [-0.4, -0.2) is 29.1 Å². The highest BCUT2D eigenvalue weighted by Crippen LogP contribution is 2.23. The SMILES string of the molecule is CCOC(=O)c1c(C)[nH]c(C)c1C(=O)CSCc1ccccc1C. The Labute approximate surface area is 147 Å². The van der Waals surface area contributed by atoms with Gasteiger partial charge in [0.15, 0.2) is 5.78 Å². The zero-order valence-corrected chi connectivity index (χ0v) is 15.4. The second kappa shape index (κ2) is 8.20. The van der Waals surface area contributed by atoms with Crippen LogP contribution >= 0.6 is 11.8 Å². The third kappa shape index (κ3) is 4.09. The summed E-state index contributed by atoms with van der Waals surface area (Å²) in [6.07, 6.45) is 0. The maximum Gasteiger partial charge on any atom is 0.340 e. The van der Waals surface area contributed by atoms with Gasteiger partial charge in [0.05, 0.1) is 23.5 Å². The fourth-order valence-electron chi connectivity index (χ4n) is 2.69. The molecule has 0 fully saturated rings. The molecule has 5 heteroatoms. The number of carbonyl (C=O) groups is 2. The summed E-state index contributed by atoms with van der Waals surface area (Å²) in [5.74, 6) is 0.624. The van der Waals surface area contributed by atoms with Gasteiger partial charge in [0, 0.05) is 17.1 Å². The average molecular weight is 345 g/mol. The molecule has 24 heavy (non-hydrogen) atoms. The molecule has 2 aromatic rings. The third-order valence-electron chi connectivity index (χ3n) is 3.89. The minimum atomic E-state index is -0.438. The van der Waals surface area contributed by atoms with Gasteiger partial charge in [-0.25, -0.2) is 4.79 Å². The lowest BCUT2D eigenvalue weighted by Crippen LogP contribution is -2.13. The highest BCUT2D eigenvalue weighted by molar-refractivity contribution is 7.99. The summed E-state index contributed by atoms with van der Waals surface area (Å²) in [6.45, 7) is 7.71. The molecule has 128 valence electrons. The van der Waals surface area contributed by atoms with E-state index in [0.29, 0.717) is 22.6 Å². The number of thioether (sulfide) groups is 1. The van der Waals surface area contributed by atoms with Gasteiger partial charge in [0.2, 0.25) is 0 Å². The summed E-state index contributed by atoms with van der Waals surface area (Å²) in [5.41, 5.74) is 4.68. The predicted molar refractivity (Wildman–Crippen MR) is 97.9 cm³/mol. The molecule has 0 saturated heterocycles. The van der Waals surface area contributed by atoms with E-state index in [-0.39, 0.29) is 12.4 Å². The Morgan fingerprint density at radius 2 is 1.75 bits per heavy atom. The number of ketones is 1. The van der Waals surface area contributed by atoms with Crippen LogP contribution < -0.4 is 0 Å². The number of ether oxygens (including phenoxy) is 1. The number of Topliss-reactive ketones (excluding diaryl/α,β-unsaturated/α-hetero) is 1.